The molecule has 2 aromatic rings. The monoisotopic (exact) mass is 354 g/mol. The van der Waals surface area contributed by atoms with Crippen molar-refractivity contribution in [2.75, 3.05) is 18.1 Å². The Morgan fingerprint density at radius 1 is 1.27 bits per heavy atom. The first kappa shape index (κ1) is 17.0. The van der Waals surface area contributed by atoms with Crippen LogP contribution in [0.3, 0.4) is 0 Å². The highest BCUT2D eigenvalue weighted by Gasteiger charge is 2.32. The van der Waals surface area contributed by atoms with Crippen molar-refractivity contribution in [2.45, 2.75) is 45.1 Å². The van der Waals surface area contributed by atoms with Crippen LogP contribution < -0.4 is 4.90 Å². The fraction of sp³-hybridized carbons (Fsp3) is 0.450. The molecular formula is C20H22N2O4. The molecule has 0 N–H and O–H groups in total. The molecule has 1 saturated heterocycles. The van der Waals surface area contributed by atoms with Gasteiger partial charge in [0, 0.05) is 43.1 Å². The maximum absolute atomic E-state index is 13.3. The van der Waals surface area contributed by atoms with Gasteiger partial charge in [0.05, 0.1) is 18.2 Å². The molecule has 2 aliphatic rings. The van der Waals surface area contributed by atoms with Crippen molar-refractivity contribution >= 4 is 17.4 Å². The van der Waals surface area contributed by atoms with E-state index in [0.717, 1.165) is 31.6 Å². The summed E-state index contributed by atoms with van der Waals surface area (Å²) >= 11 is 0. The summed E-state index contributed by atoms with van der Waals surface area (Å²) in [6, 6.07) is 3.60. The molecule has 1 atom stereocenters. The third-order valence-corrected chi connectivity index (χ3v) is 5.13. The number of ketones is 1. The van der Waals surface area contributed by atoms with E-state index in [-0.39, 0.29) is 23.6 Å². The first-order chi connectivity index (χ1) is 12.6. The van der Waals surface area contributed by atoms with E-state index < -0.39 is 0 Å². The van der Waals surface area contributed by atoms with E-state index in [1.807, 2.05) is 0 Å². The summed E-state index contributed by atoms with van der Waals surface area (Å²) in [5.74, 6) is 0.751. The molecule has 1 amide bonds. The largest absolute Gasteiger partial charge is 0.455 e. The minimum Gasteiger partial charge on any atom is -0.455 e. The zero-order valence-corrected chi connectivity index (χ0v) is 14.9. The average molecular weight is 354 g/mol. The van der Waals surface area contributed by atoms with Crippen LogP contribution in [0.15, 0.2) is 28.9 Å². The lowest BCUT2D eigenvalue weighted by molar-refractivity contribution is 0.0891. The lowest BCUT2D eigenvalue weighted by Gasteiger charge is -2.25. The van der Waals surface area contributed by atoms with Crippen LogP contribution in [0, 0.1) is 6.92 Å². The number of furan rings is 1. The number of carbonyl (C=O) groups excluding carboxylic acids is 2. The molecule has 1 unspecified atom stereocenters. The van der Waals surface area contributed by atoms with Crippen molar-refractivity contribution in [3.8, 4) is 0 Å². The highest BCUT2D eigenvalue weighted by atomic mass is 16.5. The molecule has 0 radical (unpaired) electrons. The van der Waals surface area contributed by atoms with Gasteiger partial charge >= 0.3 is 0 Å². The van der Waals surface area contributed by atoms with Gasteiger partial charge in [-0.1, -0.05) is 0 Å². The van der Waals surface area contributed by atoms with Crippen LogP contribution in [0.2, 0.25) is 0 Å². The zero-order chi connectivity index (χ0) is 18.1. The van der Waals surface area contributed by atoms with Crippen molar-refractivity contribution in [3.63, 3.8) is 0 Å². The Hall–Kier alpha value is -2.47. The zero-order valence-electron chi connectivity index (χ0n) is 14.9. The predicted molar refractivity (Wildman–Crippen MR) is 95.6 cm³/mol. The van der Waals surface area contributed by atoms with E-state index in [0.29, 0.717) is 36.3 Å². The quantitative estimate of drug-likeness (QED) is 0.842. The topological polar surface area (TPSA) is 72.6 Å². The summed E-state index contributed by atoms with van der Waals surface area (Å²) < 4.78 is 11.6. The summed E-state index contributed by atoms with van der Waals surface area (Å²) in [5, 5.41) is 0. The van der Waals surface area contributed by atoms with Gasteiger partial charge < -0.3 is 14.1 Å². The number of carbonyl (C=O) groups is 2. The predicted octanol–water partition coefficient (Wildman–Crippen LogP) is 3.33. The number of ether oxygens (including phenoxy) is 1. The molecule has 1 aliphatic heterocycles. The number of hydrogen-bond acceptors (Lipinski definition) is 5. The molecule has 0 bridgehead atoms. The molecule has 1 fully saturated rings. The number of aromatic nitrogens is 1. The average Bonchev–Trinajstić information content (AvgIpc) is 3.28. The van der Waals surface area contributed by atoms with Gasteiger partial charge in [0.1, 0.15) is 5.76 Å². The summed E-state index contributed by atoms with van der Waals surface area (Å²) in [6.07, 6.45) is 7.27. The molecule has 6 nitrogen and oxygen atoms in total. The minimum absolute atomic E-state index is 0.0126. The molecule has 0 saturated carbocycles. The van der Waals surface area contributed by atoms with E-state index in [1.165, 1.54) is 0 Å². The molecule has 6 heteroatoms. The molecule has 2 aromatic heterocycles. The Bertz CT molecular complexity index is 822. The molecule has 3 heterocycles. The van der Waals surface area contributed by atoms with Crippen LogP contribution in [0.25, 0.3) is 0 Å². The van der Waals surface area contributed by atoms with Crippen LogP contribution in [0.1, 0.15) is 57.9 Å². The van der Waals surface area contributed by atoms with Crippen LogP contribution in [-0.2, 0) is 11.2 Å². The second-order valence-corrected chi connectivity index (χ2v) is 6.89. The molecule has 26 heavy (non-hydrogen) atoms. The maximum atomic E-state index is 13.3. The fourth-order valence-electron chi connectivity index (χ4n) is 3.80. The Balaban J connectivity index is 1.69. The SMILES string of the molecule is Cc1c(C(=O)N(CC2CCCO2)c2ccncc2)oc2c1C(=O)CCC2. The van der Waals surface area contributed by atoms with Crippen molar-refractivity contribution in [2.24, 2.45) is 0 Å². The van der Waals surface area contributed by atoms with Gasteiger partial charge in [0.2, 0.25) is 0 Å². The van der Waals surface area contributed by atoms with Gasteiger partial charge in [-0.3, -0.25) is 14.6 Å². The van der Waals surface area contributed by atoms with Gasteiger partial charge in [-0.05, 0) is 38.3 Å². The van der Waals surface area contributed by atoms with Crippen molar-refractivity contribution in [1.29, 1.82) is 0 Å². The third-order valence-electron chi connectivity index (χ3n) is 5.13. The number of fused-ring (bicyclic) bond motifs is 1. The standard InChI is InChI=1S/C20H22N2O4/c1-13-18-16(23)5-2-6-17(18)26-19(13)20(24)22(12-15-4-3-11-25-15)14-7-9-21-10-8-14/h7-10,15H,2-6,11-12H2,1H3. The van der Waals surface area contributed by atoms with Crippen molar-refractivity contribution in [1.82, 2.24) is 4.98 Å². The van der Waals surface area contributed by atoms with Crippen LogP contribution >= 0.6 is 0 Å². The third kappa shape index (κ3) is 3.05. The molecule has 0 aromatic carbocycles. The summed E-state index contributed by atoms with van der Waals surface area (Å²) in [5.41, 5.74) is 2.01. The second kappa shape index (κ2) is 7.03. The Morgan fingerprint density at radius 3 is 2.77 bits per heavy atom. The first-order valence-corrected chi connectivity index (χ1v) is 9.14. The molecule has 0 spiro atoms. The normalized spacial score (nSPS) is 19.4. The number of anilines is 1. The number of Topliss-reactive ketones (excluding diaryl/α,β-unsaturated/α-hetero) is 1. The van der Waals surface area contributed by atoms with E-state index in [1.54, 1.807) is 36.4 Å². The van der Waals surface area contributed by atoms with Gasteiger partial charge in [-0.15, -0.1) is 0 Å². The number of aryl methyl sites for hydroxylation is 1. The van der Waals surface area contributed by atoms with E-state index in [9.17, 15) is 9.59 Å². The minimum atomic E-state index is -0.230. The van der Waals surface area contributed by atoms with Crippen molar-refractivity contribution in [3.05, 3.63) is 47.2 Å². The molecule has 136 valence electrons. The van der Waals surface area contributed by atoms with E-state index in [2.05, 4.69) is 4.98 Å². The molecular weight excluding hydrogens is 332 g/mol. The summed E-state index contributed by atoms with van der Waals surface area (Å²) in [7, 11) is 0. The highest BCUT2D eigenvalue weighted by molar-refractivity contribution is 6.08. The molecule has 4 rings (SSSR count). The lowest BCUT2D eigenvalue weighted by Crippen LogP contribution is -2.37. The lowest BCUT2D eigenvalue weighted by atomic mass is 9.94. The maximum Gasteiger partial charge on any atom is 0.294 e. The number of amides is 1. The number of rotatable bonds is 4. The number of hydrogen-bond donors (Lipinski definition) is 0. The van der Waals surface area contributed by atoms with Crippen LogP contribution in [0.5, 0.6) is 0 Å². The highest BCUT2D eigenvalue weighted by Crippen LogP contribution is 2.31. The Morgan fingerprint density at radius 2 is 2.08 bits per heavy atom. The Labute approximate surface area is 152 Å². The second-order valence-electron chi connectivity index (χ2n) is 6.89. The van der Waals surface area contributed by atoms with Crippen molar-refractivity contribution < 1.29 is 18.7 Å². The summed E-state index contributed by atoms with van der Waals surface area (Å²) in [4.78, 5) is 31.3. The molecule has 1 aliphatic carbocycles. The van der Waals surface area contributed by atoms with Gasteiger partial charge in [0.25, 0.3) is 5.91 Å². The fourth-order valence-corrected chi connectivity index (χ4v) is 3.80. The number of pyridine rings is 1. The smallest absolute Gasteiger partial charge is 0.294 e. The van der Waals surface area contributed by atoms with Crippen LogP contribution in [0.4, 0.5) is 5.69 Å². The van der Waals surface area contributed by atoms with Gasteiger partial charge in [-0.25, -0.2) is 0 Å². The van der Waals surface area contributed by atoms with E-state index in [4.69, 9.17) is 9.15 Å². The first-order valence-electron chi connectivity index (χ1n) is 9.14. The van der Waals surface area contributed by atoms with E-state index >= 15 is 0 Å². The number of nitrogens with zero attached hydrogens (tertiary/aromatic N) is 2. The van der Waals surface area contributed by atoms with Crippen LogP contribution in [-0.4, -0.2) is 35.9 Å². The Kier molecular flexibility index (Phi) is 4.59. The van der Waals surface area contributed by atoms with Gasteiger partial charge in [-0.2, -0.15) is 0 Å². The summed E-state index contributed by atoms with van der Waals surface area (Å²) in [6.45, 7) is 2.99. The van der Waals surface area contributed by atoms with Gasteiger partial charge in [0.15, 0.2) is 11.5 Å².